The number of carbonyl (C=O) groups is 2. The zero-order valence-corrected chi connectivity index (χ0v) is 19.6. The third-order valence-electron chi connectivity index (χ3n) is 5.11. The van der Waals surface area contributed by atoms with Gasteiger partial charge in [0.1, 0.15) is 12.1 Å². The third kappa shape index (κ3) is 6.36. The lowest BCUT2D eigenvalue weighted by atomic mass is 9.96. The molecule has 2 rings (SSSR count). The predicted molar refractivity (Wildman–Crippen MR) is 128 cm³/mol. The van der Waals surface area contributed by atoms with Crippen LogP contribution in [0, 0.1) is 11.8 Å². The maximum atomic E-state index is 12.1. The van der Waals surface area contributed by atoms with Crippen molar-refractivity contribution >= 4 is 24.4 Å². The first-order chi connectivity index (χ1) is 15.3. The maximum Gasteiger partial charge on any atom is 0.330 e. The number of hydrogen-bond acceptors (Lipinski definition) is 6. The Morgan fingerprint density at radius 2 is 1.03 bits per heavy atom. The van der Waals surface area contributed by atoms with Crippen LogP contribution in [0.2, 0.25) is 0 Å². The van der Waals surface area contributed by atoms with Crippen LogP contribution in [0.15, 0.2) is 58.5 Å². The molecule has 0 fully saturated rings. The van der Waals surface area contributed by atoms with Crippen LogP contribution in [0.1, 0.15) is 38.8 Å². The molecule has 0 unspecified atom stereocenters. The molecule has 0 spiro atoms. The molecular weight excluding hydrogens is 404 g/mol. The molecule has 6 nitrogen and oxygen atoms in total. The molecule has 0 radical (unpaired) electrons. The Morgan fingerprint density at radius 3 is 1.34 bits per heavy atom. The van der Waals surface area contributed by atoms with Crippen LogP contribution >= 0.6 is 0 Å². The van der Waals surface area contributed by atoms with Gasteiger partial charge in [0, 0.05) is 23.6 Å². The number of esters is 2. The predicted octanol–water partition coefficient (Wildman–Crippen LogP) is 4.59. The van der Waals surface area contributed by atoms with E-state index in [9.17, 15) is 9.59 Å². The van der Waals surface area contributed by atoms with Crippen molar-refractivity contribution in [2.75, 3.05) is 14.2 Å². The Hall–Kier alpha value is -3.28. The van der Waals surface area contributed by atoms with E-state index in [0.29, 0.717) is 0 Å². The molecule has 2 atom stereocenters. The molecule has 0 aromatic heterocycles. The number of methoxy groups -OCH3 is 2. The fourth-order valence-electron chi connectivity index (χ4n) is 3.28. The molecule has 0 aliphatic heterocycles. The van der Waals surface area contributed by atoms with E-state index < -0.39 is 12.1 Å². The van der Waals surface area contributed by atoms with E-state index in [1.54, 1.807) is 12.4 Å². The molecule has 0 amide bonds. The van der Waals surface area contributed by atoms with Gasteiger partial charge < -0.3 is 9.47 Å². The van der Waals surface area contributed by atoms with Crippen LogP contribution < -0.4 is 0 Å². The van der Waals surface area contributed by atoms with Gasteiger partial charge in [-0.25, -0.2) is 9.59 Å². The number of benzene rings is 2. The minimum absolute atomic E-state index is 0.0107. The van der Waals surface area contributed by atoms with Gasteiger partial charge >= 0.3 is 11.9 Å². The number of nitrogens with zero attached hydrogens (tertiary/aromatic N) is 2. The summed E-state index contributed by atoms with van der Waals surface area (Å²) in [5, 5.41) is 0. The van der Waals surface area contributed by atoms with E-state index in [1.165, 1.54) is 14.2 Å². The average Bonchev–Trinajstić information content (AvgIpc) is 2.79. The van der Waals surface area contributed by atoms with Crippen molar-refractivity contribution in [3.63, 3.8) is 0 Å². The van der Waals surface area contributed by atoms with E-state index in [-0.39, 0.29) is 23.8 Å². The van der Waals surface area contributed by atoms with Crippen molar-refractivity contribution in [3.05, 3.63) is 59.7 Å². The Labute approximate surface area is 190 Å². The minimum atomic E-state index is -0.572. The zero-order chi connectivity index (χ0) is 23.7. The lowest BCUT2D eigenvalue weighted by Crippen LogP contribution is -2.26. The molecule has 2 aromatic carbocycles. The van der Waals surface area contributed by atoms with Crippen molar-refractivity contribution in [2.24, 2.45) is 21.8 Å². The maximum absolute atomic E-state index is 12.1. The lowest BCUT2D eigenvalue weighted by Gasteiger charge is -2.15. The van der Waals surface area contributed by atoms with Gasteiger partial charge in [-0.1, -0.05) is 76.2 Å². The molecule has 32 heavy (non-hydrogen) atoms. The van der Waals surface area contributed by atoms with Gasteiger partial charge in [-0.3, -0.25) is 9.98 Å². The largest absolute Gasteiger partial charge is 0.467 e. The summed E-state index contributed by atoms with van der Waals surface area (Å²) in [6.45, 7) is 7.73. The quantitative estimate of drug-likeness (QED) is 0.426. The van der Waals surface area contributed by atoms with E-state index >= 15 is 0 Å². The highest BCUT2D eigenvalue weighted by Gasteiger charge is 2.22. The van der Waals surface area contributed by atoms with Gasteiger partial charge in [-0.15, -0.1) is 0 Å². The first-order valence-electron chi connectivity index (χ1n) is 10.7. The summed E-state index contributed by atoms with van der Waals surface area (Å²) < 4.78 is 9.78. The number of rotatable bonds is 9. The molecule has 0 saturated carbocycles. The second-order valence-electron chi connectivity index (χ2n) is 8.15. The molecule has 0 saturated heterocycles. The van der Waals surface area contributed by atoms with Crippen LogP contribution in [-0.4, -0.2) is 50.7 Å². The van der Waals surface area contributed by atoms with Crippen LogP contribution in [0.25, 0.3) is 11.1 Å². The van der Waals surface area contributed by atoms with Gasteiger partial charge in [-0.05, 0) is 23.0 Å². The van der Waals surface area contributed by atoms with Crippen LogP contribution in [-0.2, 0) is 19.1 Å². The average molecular weight is 437 g/mol. The summed E-state index contributed by atoms with van der Waals surface area (Å²) >= 11 is 0. The van der Waals surface area contributed by atoms with E-state index in [4.69, 9.17) is 9.47 Å². The zero-order valence-electron chi connectivity index (χ0n) is 19.6. The third-order valence-corrected chi connectivity index (χ3v) is 5.11. The Bertz CT molecular complexity index is 900. The molecule has 0 heterocycles. The summed E-state index contributed by atoms with van der Waals surface area (Å²) in [5.41, 5.74) is 3.64. The molecule has 170 valence electrons. The molecule has 0 bridgehead atoms. The SMILES string of the molecule is COC(=O)[C@@H](N=Cc1ccccc1-c1ccccc1C=N[C@H](C(=O)OC)C(C)C)C(C)C. The summed E-state index contributed by atoms with van der Waals surface area (Å²) in [7, 11) is 2.74. The summed E-state index contributed by atoms with van der Waals surface area (Å²) in [4.78, 5) is 33.2. The van der Waals surface area contributed by atoms with Gasteiger partial charge in [0.15, 0.2) is 0 Å². The summed E-state index contributed by atoms with van der Waals surface area (Å²) in [6, 6.07) is 14.5. The monoisotopic (exact) mass is 436 g/mol. The second kappa shape index (κ2) is 11.9. The Morgan fingerprint density at radius 1 is 0.688 bits per heavy atom. The molecule has 0 aliphatic rings. The standard InChI is InChI=1S/C26H32N2O4/c1-17(2)23(25(29)31-5)27-15-19-11-7-9-13-21(19)22-14-10-8-12-20(22)16-28-24(18(3)4)26(30)32-6/h7-18,23-24H,1-6H3/t23-,24-/m0/s1. The van der Waals surface area contributed by atoms with Gasteiger partial charge in [0.05, 0.1) is 14.2 Å². The first kappa shape index (κ1) is 25.0. The molecule has 6 heteroatoms. The fraction of sp³-hybridized carbons (Fsp3) is 0.385. The van der Waals surface area contributed by atoms with E-state index in [1.807, 2.05) is 76.2 Å². The lowest BCUT2D eigenvalue weighted by molar-refractivity contribution is -0.143. The van der Waals surface area contributed by atoms with Crippen molar-refractivity contribution in [1.29, 1.82) is 0 Å². The number of hydrogen-bond donors (Lipinski definition) is 0. The normalized spacial score (nSPS) is 13.6. The highest BCUT2D eigenvalue weighted by Crippen LogP contribution is 2.26. The highest BCUT2D eigenvalue weighted by atomic mass is 16.5. The van der Waals surface area contributed by atoms with Crippen molar-refractivity contribution in [1.82, 2.24) is 0 Å². The van der Waals surface area contributed by atoms with Crippen molar-refractivity contribution in [2.45, 2.75) is 39.8 Å². The molecule has 0 aliphatic carbocycles. The number of aliphatic imine (C=N–C) groups is 2. The molecule has 2 aromatic rings. The van der Waals surface area contributed by atoms with Gasteiger partial charge in [-0.2, -0.15) is 0 Å². The number of carbonyl (C=O) groups excluding carboxylic acids is 2. The highest BCUT2D eigenvalue weighted by molar-refractivity contribution is 5.98. The van der Waals surface area contributed by atoms with Gasteiger partial charge in [0.25, 0.3) is 0 Å². The van der Waals surface area contributed by atoms with Crippen LogP contribution in [0.3, 0.4) is 0 Å². The fourth-order valence-corrected chi connectivity index (χ4v) is 3.28. The molecule has 0 N–H and O–H groups in total. The smallest absolute Gasteiger partial charge is 0.330 e. The molecular formula is C26H32N2O4. The summed E-state index contributed by atoms with van der Waals surface area (Å²) in [6.07, 6.45) is 3.44. The van der Waals surface area contributed by atoms with Crippen LogP contribution in [0.4, 0.5) is 0 Å². The van der Waals surface area contributed by atoms with E-state index in [2.05, 4.69) is 9.98 Å². The Kier molecular flexibility index (Phi) is 9.32. The van der Waals surface area contributed by atoms with E-state index in [0.717, 1.165) is 22.3 Å². The Balaban J connectivity index is 2.47. The van der Waals surface area contributed by atoms with Crippen LogP contribution in [0.5, 0.6) is 0 Å². The van der Waals surface area contributed by atoms with Crippen molar-refractivity contribution < 1.29 is 19.1 Å². The number of ether oxygens (including phenoxy) is 2. The second-order valence-corrected chi connectivity index (χ2v) is 8.15. The minimum Gasteiger partial charge on any atom is -0.467 e. The van der Waals surface area contributed by atoms with Gasteiger partial charge in [0.2, 0.25) is 0 Å². The summed E-state index contributed by atoms with van der Waals surface area (Å²) in [5.74, 6) is -0.694. The van der Waals surface area contributed by atoms with Crippen molar-refractivity contribution in [3.8, 4) is 11.1 Å². The first-order valence-corrected chi connectivity index (χ1v) is 10.7. The topological polar surface area (TPSA) is 77.3 Å².